The number of nitrogens with one attached hydrogen (secondary N) is 1. The van der Waals surface area contributed by atoms with E-state index in [1.807, 2.05) is 18.2 Å². The van der Waals surface area contributed by atoms with Crippen molar-refractivity contribution in [2.45, 2.75) is 12.5 Å². The molecule has 0 aliphatic carbocycles. The highest BCUT2D eigenvalue weighted by Gasteiger charge is 2.24. The van der Waals surface area contributed by atoms with Crippen LogP contribution >= 0.6 is 0 Å². The number of hydrogen-bond donors (Lipinski definition) is 1. The molecule has 0 radical (unpaired) electrons. The SMILES string of the molecule is C=CC[C@@H](c1ccc(OC)cc1OC)N1CCNCC1. The molecule has 1 saturated heterocycles. The minimum absolute atomic E-state index is 0.315. The molecule has 0 saturated carbocycles. The summed E-state index contributed by atoms with van der Waals surface area (Å²) >= 11 is 0. The van der Waals surface area contributed by atoms with Crippen LogP contribution in [0.1, 0.15) is 18.0 Å². The smallest absolute Gasteiger partial charge is 0.127 e. The van der Waals surface area contributed by atoms with Crippen molar-refractivity contribution in [2.75, 3.05) is 40.4 Å². The first kappa shape index (κ1) is 14.9. The van der Waals surface area contributed by atoms with Crippen molar-refractivity contribution in [3.63, 3.8) is 0 Å². The summed E-state index contributed by atoms with van der Waals surface area (Å²) in [5.41, 5.74) is 1.20. The average molecular weight is 276 g/mol. The zero-order valence-corrected chi connectivity index (χ0v) is 12.4. The van der Waals surface area contributed by atoms with Crippen LogP contribution in [0.5, 0.6) is 11.5 Å². The maximum atomic E-state index is 5.55. The first-order chi connectivity index (χ1) is 9.80. The highest BCUT2D eigenvalue weighted by molar-refractivity contribution is 5.42. The van der Waals surface area contributed by atoms with E-state index in [9.17, 15) is 0 Å². The lowest BCUT2D eigenvalue weighted by molar-refractivity contribution is 0.171. The van der Waals surface area contributed by atoms with Crippen molar-refractivity contribution in [3.05, 3.63) is 36.4 Å². The molecule has 1 N–H and O–H groups in total. The molecular formula is C16H24N2O2. The molecule has 4 nitrogen and oxygen atoms in total. The summed E-state index contributed by atoms with van der Waals surface area (Å²) in [6.45, 7) is 8.07. The molecule has 1 heterocycles. The van der Waals surface area contributed by atoms with Gasteiger partial charge in [0.25, 0.3) is 0 Å². The summed E-state index contributed by atoms with van der Waals surface area (Å²) in [6.07, 6.45) is 2.90. The lowest BCUT2D eigenvalue weighted by Crippen LogP contribution is -2.45. The molecule has 4 heteroatoms. The van der Waals surface area contributed by atoms with Gasteiger partial charge in [-0.3, -0.25) is 4.90 Å². The quantitative estimate of drug-likeness (QED) is 0.808. The Kier molecular flexibility index (Phi) is 5.44. The number of piperazine rings is 1. The molecule has 1 aromatic carbocycles. The molecule has 0 bridgehead atoms. The number of ether oxygens (including phenoxy) is 2. The van der Waals surface area contributed by atoms with Crippen LogP contribution < -0.4 is 14.8 Å². The van der Waals surface area contributed by atoms with Gasteiger partial charge in [0.05, 0.1) is 14.2 Å². The molecule has 1 fully saturated rings. The van der Waals surface area contributed by atoms with Crippen LogP contribution in [0.4, 0.5) is 0 Å². The van der Waals surface area contributed by atoms with E-state index in [1.54, 1.807) is 14.2 Å². The van der Waals surface area contributed by atoms with E-state index >= 15 is 0 Å². The number of hydrogen-bond acceptors (Lipinski definition) is 4. The molecule has 1 aliphatic heterocycles. The standard InChI is InChI=1S/C16H24N2O2/c1-4-5-15(18-10-8-17-9-11-18)14-7-6-13(19-2)12-16(14)20-3/h4,6-7,12,15,17H,1,5,8-11H2,2-3H3/t15-/m0/s1. The molecule has 0 spiro atoms. The number of benzene rings is 1. The minimum Gasteiger partial charge on any atom is -0.497 e. The van der Waals surface area contributed by atoms with Gasteiger partial charge in [0.15, 0.2) is 0 Å². The van der Waals surface area contributed by atoms with Gasteiger partial charge < -0.3 is 14.8 Å². The molecule has 1 atom stereocenters. The maximum Gasteiger partial charge on any atom is 0.127 e. The third-order valence-electron chi connectivity index (χ3n) is 3.78. The molecular weight excluding hydrogens is 252 g/mol. The van der Waals surface area contributed by atoms with E-state index in [2.05, 4.69) is 22.9 Å². The van der Waals surface area contributed by atoms with Crippen molar-refractivity contribution in [2.24, 2.45) is 0 Å². The Bertz CT molecular complexity index is 442. The zero-order chi connectivity index (χ0) is 14.4. The van der Waals surface area contributed by atoms with Crippen molar-refractivity contribution in [3.8, 4) is 11.5 Å². The summed E-state index contributed by atoms with van der Waals surface area (Å²) in [4.78, 5) is 2.49. The fourth-order valence-electron chi connectivity index (χ4n) is 2.72. The first-order valence-corrected chi connectivity index (χ1v) is 7.07. The minimum atomic E-state index is 0.315. The second-order valence-electron chi connectivity index (χ2n) is 4.93. The van der Waals surface area contributed by atoms with Crippen LogP contribution in [0.3, 0.4) is 0 Å². The van der Waals surface area contributed by atoms with E-state index in [0.29, 0.717) is 6.04 Å². The van der Waals surface area contributed by atoms with Crippen LogP contribution in [0, 0.1) is 0 Å². The third kappa shape index (κ3) is 3.32. The van der Waals surface area contributed by atoms with Gasteiger partial charge in [-0.2, -0.15) is 0 Å². The number of nitrogens with zero attached hydrogens (tertiary/aromatic N) is 1. The van der Waals surface area contributed by atoms with Crippen LogP contribution in [-0.4, -0.2) is 45.3 Å². The van der Waals surface area contributed by atoms with Crippen LogP contribution in [0.2, 0.25) is 0 Å². The summed E-state index contributed by atoms with van der Waals surface area (Å²) in [7, 11) is 3.38. The van der Waals surface area contributed by atoms with E-state index in [4.69, 9.17) is 9.47 Å². The average Bonchev–Trinajstić information content (AvgIpc) is 2.53. The van der Waals surface area contributed by atoms with Crippen molar-refractivity contribution in [1.29, 1.82) is 0 Å². The predicted molar refractivity (Wildman–Crippen MR) is 81.5 cm³/mol. The molecule has 0 amide bonds. The van der Waals surface area contributed by atoms with Crippen molar-refractivity contribution < 1.29 is 9.47 Å². The molecule has 0 aromatic heterocycles. The third-order valence-corrected chi connectivity index (χ3v) is 3.78. The fraction of sp³-hybridized carbons (Fsp3) is 0.500. The molecule has 1 aromatic rings. The Morgan fingerprint density at radius 2 is 2.05 bits per heavy atom. The van der Waals surface area contributed by atoms with E-state index < -0.39 is 0 Å². The van der Waals surface area contributed by atoms with Crippen LogP contribution in [-0.2, 0) is 0 Å². The lowest BCUT2D eigenvalue weighted by atomic mass is 9.99. The van der Waals surface area contributed by atoms with Gasteiger partial charge in [0.2, 0.25) is 0 Å². The van der Waals surface area contributed by atoms with Crippen molar-refractivity contribution >= 4 is 0 Å². The largest absolute Gasteiger partial charge is 0.497 e. The van der Waals surface area contributed by atoms with Crippen molar-refractivity contribution in [1.82, 2.24) is 10.2 Å². The van der Waals surface area contributed by atoms with Crippen LogP contribution in [0.15, 0.2) is 30.9 Å². The molecule has 1 aliphatic rings. The molecule has 2 rings (SSSR count). The van der Waals surface area contributed by atoms with Gasteiger partial charge in [-0.25, -0.2) is 0 Å². The van der Waals surface area contributed by atoms with E-state index in [0.717, 1.165) is 44.1 Å². The number of methoxy groups -OCH3 is 2. The Morgan fingerprint density at radius 3 is 2.65 bits per heavy atom. The first-order valence-electron chi connectivity index (χ1n) is 7.07. The van der Waals surface area contributed by atoms with E-state index in [-0.39, 0.29) is 0 Å². The molecule has 0 unspecified atom stereocenters. The maximum absolute atomic E-state index is 5.55. The zero-order valence-electron chi connectivity index (χ0n) is 12.4. The van der Waals surface area contributed by atoms with Gasteiger partial charge in [-0.05, 0) is 12.5 Å². The number of rotatable bonds is 6. The fourth-order valence-corrected chi connectivity index (χ4v) is 2.72. The Labute approximate surface area is 121 Å². The molecule has 110 valence electrons. The molecule has 20 heavy (non-hydrogen) atoms. The summed E-state index contributed by atoms with van der Waals surface area (Å²) in [5, 5.41) is 3.39. The highest BCUT2D eigenvalue weighted by atomic mass is 16.5. The lowest BCUT2D eigenvalue weighted by Gasteiger charge is -2.35. The predicted octanol–water partition coefficient (Wildman–Crippen LogP) is 2.23. The second-order valence-corrected chi connectivity index (χ2v) is 4.93. The highest BCUT2D eigenvalue weighted by Crippen LogP contribution is 2.34. The van der Waals surface area contributed by atoms with Gasteiger partial charge >= 0.3 is 0 Å². The Balaban J connectivity index is 2.29. The van der Waals surface area contributed by atoms with E-state index in [1.165, 1.54) is 5.56 Å². The second kappa shape index (κ2) is 7.31. The van der Waals surface area contributed by atoms with Gasteiger partial charge in [0.1, 0.15) is 11.5 Å². The van der Waals surface area contributed by atoms with Crippen LogP contribution in [0.25, 0.3) is 0 Å². The van der Waals surface area contributed by atoms with Gasteiger partial charge in [0, 0.05) is 43.9 Å². The van der Waals surface area contributed by atoms with Gasteiger partial charge in [-0.1, -0.05) is 12.1 Å². The monoisotopic (exact) mass is 276 g/mol. The van der Waals surface area contributed by atoms with Gasteiger partial charge in [-0.15, -0.1) is 6.58 Å². The topological polar surface area (TPSA) is 33.7 Å². The Morgan fingerprint density at radius 1 is 1.30 bits per heavy atom. The summed E-state index contributed by atoms with van der Waals surface area (Å²) in [5.74, 6) is 1.71. The summed E-state index contributed by atoms with van der Waals surface area (Å²) in [6, 6.07) is 6.37. The summed E-state index contributed by atoms with van der Waals surface area (Å²) < 4.78 is 10.8. The normalized spacial score (nSPS) is 17.5. The Hall–Kier alpha value is -1.52.